The maximum absolute atomic E-state index is 10.0. The van der Waals surface area contributed by atoms with Crippen molar-refractivity contribution in [2.24, 2.45) is 0 Å². The third kappa shape index (κ3) is 12.2. The molecule has 3 rings (SSSR count). The van der Waals surface area contributed by atoms with E-state index in [1.54, 1.807) is 7.11 Å². The molecule has 2 saturated heterocycles. The number of ether oxygens (including phenoxy) is 2. The highest BCUT2D eigenvalue weighted by Gasteiger charge is 2.13. The molecule has 2 heterocycles. The SMILES string of the molecule is COc1ccc(C)cc1.O=C(O)NCCOC1CCNC1.OC1CCNC1. The first-order valence-electron chi connectivity index (χ1n) is 9.29. The molecule has 2 atom stereocenters. The summed E-state index contributed by atoms with van der Waals surface area (Å²) in [4.78, 5) is 10.0. The van der Waals surface area contributed by atoms with E-state index in [0.29, 0.717) is 13.2 Å². The smallest absolute Gasteiger partial charge is 0.404 e. The minimum atomic E-state index is -0.997. The maximum atomic E-state index is 10.0. The Bertz CT molecular complexity index is 501. The standard InChI is InChI=1S/C8H10O.C7H14N2O3.C4H9NO/c1-7-3-5-8(9-2)6-4-7;10-7(11)9-3-4-12-6-1-2-8-5-6;6-4-1-2-5-3-4/h3-6H,1-2H3;6,8-9H,1-5H2,(H,10,11);4-6H,1-3H2. The molecule has 8 heteroatoms. The molecule has 1 aromatic carbocycles. The Hall–Kier alpha value is -1.87. The Kier molecular flexibility index (Phi) is 12.2. The Morgan fingerprint density at radius 3 is 2.30 bits per heavy atom. The van der Waals surface area contributed by atoms with E-state index in [2.05, 4.69) is 22.9 Å². The van der Waals surface area contributed by atoms with Crippen LogP contribution in [0, 0.1) is 6.92 Å². The fraction of sp³-hybridized carbons (Fsp3) is 0.632. The van der Waals surface area contributed by atoms with E-state index in [0.717, 1.165) is 44.8 Å². The van der Waals surface area contributed by atoms with Crippen molar-refractivity contribution in [2.75, 3.05) is 46.4 Å². The summed E-state index contributed by atoms with van der Waals surface area (Å²) in [6, 6.07) is 7.96. The lowest BCUT2D eigenvalue weighted by Gasteiger charge is -2.09. The molecule has 0 bridgehead atoms. The van der Waals surface area contributed by atoms with E-state index >= 15 is 0 Å². The number of aliphatic hydroxyl groups is 1. The predicted molar refractivity (Wildman–Crippen MR) is 104 cm³/mol. The number of benzene rings is 1. The van der Waals surface area contributed by atoms with E-state index in [9.17, 15) is 4.79 Å². The molecule has 0 aliphatic carbocycles. The molecule has 2 aliphatic rings. The summed E-state index contributed by atoms with van der Waals surface area (Å²) in [6.45, 7) is 6.54. The Morgan fingerprint density at radius 1 is 1.19 bits per heavy atom. The zero-order valence-corrected chi connectivity index (χ0v) is 16.2. The van der Waals surface area contributed by atoms with Crippen LogP contribution in [-0.2, 0) is 4.74 Å². The van der Waals surface area contributed by atoms with Crippen LogP contribution >= 0.6 is 0 Å². The van der Waals surface area contributed by atoms with Crippen LogP contribution in [0.5, 0.6) is 5.75 Å². The second kappa shape index (κ2) is 14.2. The molecule has 2 fully saturated rings. The zero-order valence-electron chi connectivity index (χ0n) is 16.2. The van der Waals surface area contributed by atoms with Gasteiger partial charge in [0.05, 0.1) is 25.9 Å². The van der Waals surface area contributed by atoms with Crippen LogP contribution in [0.15, 0.2) is 24.3 Å². The minimum Gasteiger partial charge on any atom is -0.497 e. The Labute approximate surface area is 161 Å². The molecule has 2 unspecified atom stereocenters. The molecule has 1 aromatic rings. The van der Waals surface area contributed by atoms with Crippen molar-refractivity contribution >= 4 is 6.09 Å². The van der Waals surface area contributed by atoms with E-state index in [4.69, 9.17) is 19.7 Å². The molecule has 1 amide bonds. The number of carboxylic acid groups (broad SMARTS) is 1. The van der Waals surface area contributed by atoms with E-state index < -0.39 is 6.09 Å². The lowest BCUT2D eigenvalue weighted by molar-refractivity contribution is 0.0688. The number of β-amino-alcohol motifs (C(OH)–C–C–N with tert-alkyl or cyclic N) is 1. The number of carbonyl (C=O) groups is 1. The van der Waals surface area contributed by atoms with Crippen LogP contribution in [-0.4, -0.2) is 75.0 Å². The first kappa shape index (κ1) is 23.2. The monoisotopic (exact) mass is 383 g/mol. The topological polar surface area (TPSA) is 112 Å². The molecule has 2 aliphatic heterocycles. The molecule has 27 heavy (non-hydrogen) atoms. The Balaban J connectivity index is 0.000000214. The first-order chi connectivity index (χ1) is 13.0. The first-order valence-corrected chi connectivity index (χ1v) is 9.29. The average Bonchev–Trinajstić information content (AvgIpc) is 3.34. The number of hydrogen-bond donors (Lipinski definition) is 5. The third-order valence-electron chi connectivity index (χ3n) is 4.04. The van der Waals surface area contributed by atoms with Gasteiger partial charge in [-0.3, -0.25) is 0 Å². The van der Waals surface area contributed by atoms with Crippen LogP contribution in [0.1, 0.15) is 18.4 Å². The van der Waals surface area contributed by atoms with Gasteiger partial charge in [0.1, 0.15) is 5.75 Å². The van der Waals surface area contributed by atoms with Crippen LogP contribution in [0.4, 0.5) is 4.79 Å². The van der Waals surface area contributed by atoms with Gasteiger partial charge in [0.15, 0.2) is 0 Å². The minimum absolute atomic E-state index is 0.0648. The van der Waals surface area contributed by atoms with Crippen LogP contribution in [0.3, 0.4) is 0 Å². The maximum Gasteiger partial charge on any atom is 0.404 e. The fourth-order valence-corrected chi connectivity index (χ4v) is 2.47. The average molecular weight is 383 g/mol. The molecule has 0 aromatic heterocycles. The summed E-state index contributed by atoms with van der Waals surface area (Å²) < 4.78 is 10.3. The molecule has 0 saturated carbocycles. The highest BCUT2D eigenvalue weighted by atomic mass is 16.5. The molecule has 154 valence electrons. The number of methoxy groups -OCH3 is 1. The van der Waals surface area contributed by atoms with Crippen LogP contribution in [0.25, 0.3) is 0 Å². The second-order valence-corrected chi connectivity index (χ2v) is 6.38. The zero-order chi connectivity index (χ0) is 19.9. The van der Waals surface area contributed by atoms with Gasteiger partial charge in [0, 0.05) is 19.6 Å². The molecule has 8 nitrogen and oxygen atoms in total. The highest BCUT2D eigenvalue weighted by molar-refractivity contribution is 5.64. The quantitative estimate of drug-likeness (QED) is 0.482. The molecule has 5 N–H and O–H groups in total. The largest absolute Gasteiger partial charge is 0.497 e. The predicted octanol–water partition coefficient (Wildman–Crippen LogP) is 0.977. The number of aryl methyl sites for hydroxylation is 1. The number of aliphatic hydroxyl groups excluding tert-OH is 1. The fourth-order valence-electron chi connectivity index (χ4n) is 2.47. The van der Waals surface area contributed by atoms with Crippen molar-refractivity contribution in [3.8, 4) is 5.75 Å². The summed E-state index contributed by atoms with van der Waals surface area (Å²) in [6.07, 6.45) is 1.15. The molecular weight excluding hydrogens is 350 g/mol. The van der Waals surface area contributed by atoms with Crippen molar-refractivity contribution in [3.05, 3.63) is 29.8 Å². The second-order valence-electron chi connectivity index (χ2n) is 6.38. The van der Waals surface area contributed by atoms with Gasteiger partial charge in [-0.2, -0.15) is 0 Å². The van der Waals surface area contributed by atoms with Crippen LogP contribution < -0.4 is 20.7 Å². The van der Waals surface area contributed by atoms with Crippen molar-refractivity contribution in [1.29, 1.82) is 0 Å². The van der Waals surface area contributed by atoms with Crippen molar-refractivity contribution in [3.63, 3.8) is 0 Å². The van der Waals surface area contributed by atoms with Gasteiger partial charge in [-0.15, -0.1) is 0 Å². The summed E-state index contributed by atoms with van der Waals surface area (Å²) in [5, 5.41) is 25.3. The van der Waals surface area contributed by atoms with Crippen molar-refractivity contribution < 1.29 is 24.5 Å². The molecule has 0 radical (unpaired) electrons. The van der Waals surface area contributed by atoms with Gasteiger partial charge in [0.2, 0.25) is 0 Å². The van der Waals surface area contributed by atoms with Gasteiger partial charge < -0.3 is 35.6 Å². The number of nitrogens with one attached hydrogen (secondary N) is 3. The van der Waals surface area contributed by atoms with Gasteiger partial charge in [-0.05, 0) is 45.0 Å². The van der Waals surface area contributed by atoms with Gasteiger partial charge >= 0.3 is 6.09 Å². The lowest BCUT2D eigenvalue weighted by atomic mass is 10.2. The molecular formula is C19H33N3O5. The number of hydrogen-bond acceptors (Lipinski definition) is 6. The summed E-state index contributed by atoms with van der Waals surface area (Å²) in [5.74, 6) is 0.917. The summed E-state index contributed by atoms with van der Waals surface area (Å²) >= 11 is 0. The number of rotatable bonds is 5. The van der Waals surface area contributed by atoms with E-state index in [1.165, 1.54) is 5.56 Å². The van der Waals surface area contributed by atoms with E-state index in [1.807, 2.05) is 24.3 Å². The summed E-state index contributed by atoms with van der Waals surface area (Å²) in [5.41, 5.74) is 1.26. The highest BCUT2D eigenvalue weighted by Crippen LogP contribution is 2.09. The third-order valence-corrected chi connectivity index (χ3v) is 4.04. The number of amides is 1. The van der Waals surface area contributed by atoms with Gasteiger partial charge in [-0.25, -0.2) is 4.79 Å². The molecule has 0 spiro atoms. The lowest BCUT2D eigenvalue weighted by Crippen LogP contribution is -2.27. The van der Waals surface area contributed by atoms with Crippen LogP contribution in [0.2, 0.25) is 0 Å². The van der Waals surface area contributed by atoms with Gasteiger partial charge in [-0.1, -0.05) is 17.7 Å². The summed E-state index contributed by atoms with van der Waals surface area (Å²) in [7, 11) is 1.67. The van der Waals surface area contributed by atoms with Gasteiger partial charge in [0.25, 0.3) is 0 Å². The van der Waals surface area contributed by atoms with Crippen molar-refractivity contribution in [2.45, 2.75) is 32.0 Å². The van der Waals surface area contributed by atoms with Crippen molar-refractivity contribution in [1.82, 2.24) is 16.0 Å². The normalized spacial score (nSPS) is 20.7. The van der Waals surface area contributed by atoms with E-state index in [-0.39, 0.29) is 12.2 Å². The Morgan fingerprint density at radius 2 is 1.85 bits per heavy atom.